The molecule has 0 spiro atoms. The first-order valence-corrected chi connectivity index (χ1v) is 6.55. The molecule has 1 aromatic carbocycles. The van der Waals surface area contributed by atoms with Gasteiger partial charge in [-0.3, -0.25) is 10.1 Å². The maximum Gasteiger partial charge on any atom is 0.336 e. The van der Waals surface area contributed by atoms with Crippen LogP contribution in [0.2, 0.25) is 0 Å². The van der Waals surface area contributed by atoms with E-state index in [4.69, 9.17) is 10.2 Å². The zero-order valence-electron chi connectivity index (χ0n) is 12.3. The Morgan fingerprint density at radius 3 is 2.52 bits per heavy atom. The molecule has 21 heavy (non-hydrogen) atoms. The Morgan fingerprint density at radius 2 is 2.05 bits per heavy atom. The van der Waals surface area contributed by atoms with Gasteiger partial charge in [0.05, 0.1) is 10.5 Å². The average molecular weight is 296 g/mol. The number of hydrogen-bond acceptors (Lipinski definition) is 5. The minimum absolute atomic E-state index is 0.0446. The highest BCUT2D eigenvalue weighted by Gasteiger charge is 2.21. The Hall–Kier alpha value is -2.15. The Kier molecular flexibility index (Phi) is 5.26. The molecule has 0 bridgehead atoms. The molecule has 0 heterocycles. The summed E-state index contributed by atoms with van der Waals surface area (Å²) >= 11 is 0. The molecule has 0 saturated heterocycles. The van der Waals surface area contributed by atoms with Gasteiger partial charge in [-0.2, -0.15) is 0 Å². The van der Waals surface area contributed by atoms with E-state index in [0.717, 1.165) is 6.07 Å². The van der Waals surface area contributed by atoms with Crippen molar-refractivity contribution in [3.63, 3.8) is 0 Å². The van der Waals surface area contributed by atoms with Crippen LogP contribution in [0.25, 0.3) is 0 Å². The number of anilines is 1. The summed E-state index contributed by atoms with van der Waals surface area (Å²) in [6.45, 7) is 5.98. The van der Waals surface area contributed by atoms with Crippen molar-refractivity contribution >= 4 is 17.3 Å². The van der Waals surface area contributed by atoms with Gasteiger partial charge in [-0.15, -0.1) is 0 Å². The van der Waals surface area contributed by atoms with Crippen LogP contribution in [0.3, 0.4) is 0 Å². The monoisotopic (exact) mass is 296 g/mol. The van der Waals surface area contributed by atoms with E-state index in [2.05, 4.69) is 5.32 Å². The smallest absolute Gasteiger partial charge is 0.336 e. The third kappa shape index (κ3) is 4.42. The zero-order valence-corrected chi connectivity index (χ0v) is 12.3. The van der Waals surface area contributed by atoms with Crippen LogP contribution in [0.15, 0.2) is 12.1 Å². The molecule has 0 saturated carbocycles. The maximum atomic E-state index is 11.1. The first kappa shape index (κ1) is 16.9. The van der Waals surface area contributed by atoms with Crippen molar-refractivity contribution in [3.05, 3.63) is 33.4 Å². The Labute approximate surface area is 122 Å². The van der Waals surface area contributed by atoms with Gasteiger partial charge in [0.1, 0.15) is 0 Å². The number of aromatic carboxylic acids is 1. The molecule has 0 aliphatic rings. The van der Waals surface area contributed by atoms with Crippen LogP contribution in [-0.2, 0) is 0 Å². The SMILES string of the molecule is Cc1c(NCC(C)(C)CCO)cc(C(=O)O)cc1[N+](=O)[O-]. The number of rotatable bonds is 7. The lowest BCUT2D eigenvalue weighted by Crippen LogP contribution is -2.24. The van der Waals surface area contributed by atoms with Crippen LogP contribution in [-0.4, -0.2) is 34.3 Å². The maximum absolute atomic E-state index is 11.1. The van der Waals surface area contributed by atoms with Crippen molar-refractivity contribution in [1.82, 2.24) is 0 Å². The van der Waals surface area contributed by atoms with Crippen molar-refractivity contribution in [2.45, 2.75) is 27.2 Å². The van der Waals surface area contributed by atoms with Crippen LogP contribution >= 0.6 is 0 Å². The van der Waals surface area contributed by atoms with Gasteiger partial charge >= 0.3 is 5.97 Å². The Morgan fingerprint density at radius 1 is 1.43 bits per heavy atom. The lowest BCUT2D eigenvalue weighted by atomic mass is 9.89. The van der Waals surface area contributed by atoms with E-state index >= 15 is 0 Å². The van der Waals surface area contributed by atoms with E-state index in [0.29, 0.717) is 24.2 Å². The summed E-state index contributed by atoms with van der Waals surface area (Å²) in [5, 5.41) is 32.1. The summed E-state index contributed by atoms with van der Waals surface area (Å²) in [5.41, 5.74) is 0.249. The molecule has 1 rings (SSSR count). The van der Waals surface area contributed by atoms with E-state index in [-0.39, 0.29) is 23.3 Å². The molecule has 0 fully saturated rings. The third-order valence-electron chi connectivity index (χ3n) is 3.37. The van der Waals surface area contributed by atoms with Crippen LogP contribution in [0.5, 0.6) is 0 Å². The molecule has 0 amide bonds. The van der Waals surface area contributed by atoms with Crippen molar-refractivity contribution in [1.29, 1.82) is 0 Å². The minimum Gasteiger partial charge on any atom is -0.478 e. The number of benzene rings is 1. The fraction of sp³-hybridized carbons (Fsp3) is 0.500. The summed E-state index contributed by atoms with van der Waals surface area (Å²) in [4.78, 5) is 21.5. The third-order valence-corrected chi connectivity index (χ3v) is 3.37. The van der Waals surface area contributed by atoms with E-state index in [1.54, 1.807) is 6.92 Å². The molecular formula is C14H20N2O5. The molecule has 0 aliphatic carbocycles. The van der Waals surface area contributed by atoms with Crippen molar-refractivity contribution < 1.29 is 19.9 Å². The van der Waals surface area contributed by atoms with Crippen LogP contribution in [0.1, 0.15) is 36.2 Å². The normalized spacial score (nSPS) is 11.2. The van der Waals surface area contributed by atoms with Gasteiger partial charge in [-0.25, -0.2) is 4.79 Å². The van der Waals surface area contributed by atoms with E-state index < -0.39 is 10.9 Å². The van der Waals surface area contributed by atoms with Crippen molar-refractivity contribution in [3.8, 4) is 0 Å². The molecule has 3 N–H and O–H groups in total. The predicted octanol–water partition coefficient (Wildman–Crippen LogP) is 2.42. The van der Waals surface area contributed by atoms with Gasteiger partial charge in [0.15, 0.2) is 0 Å². The number of carboxylic acid groups (broad SMARTS) is 1. The molecule has 0 radical (unpaired) electrons. The largest absolute Gasteiger partial charge is 0.478 e. The number of nitro benzene ring substituents is 1. The lowest BCUT2D eigenvalue weighted by molar-refractivity contribution is -0.385. The molecule has 7 nitrogen and oxygen atoms in total. The molecule has 116 valence electrons. The molecular weight excluding hydrogens is 276 g/mol. The van der Waals surface area contributed by atoms with Gasteiger partial charge in [0, 0.05) is 30.5 Å². The number of nitrogens with zero attached hydrogens (tertiary/aromatic N) is 1. The number of nitrogens with one attached hydrogen (secondary N) is 1. The van der Waals surface area contributed by atoms with Gasteiger partial charge in [-0.1, -0.05) is 13.8 Å². The fourth-order valence-electron chi connectivity index (χ4n) is 1.92. The van der Waals surface area contributed by atoms with Crippen molar-refractivity contribution in [2.75, 3.05) is 18.5 Å². The molecule has 0 unspecified atom stereocenters. The van der Waals surface area contributed by atoms with E-state index in [9.17, 15) is 14.9 Å². The molecule has 7 heteroatoms. The number of carbonyl (C=O) groups is 1. The topological polar surface area (TPSA) is 113 Å². The zero-order chi connectivity index (χ0) is 16.2. The number of hydrogen-bond donors (Lipinski definition) is 3. The van der Waals surface area contributed by atoms with Gasteiger partial charge in [0.2, 0.25) is 0 Å². The molecule has 0 aromatic heterocycles. The first-order chi connectivity index (χ1) is 9.68. The summed E-state index contributed by atoms with van der Waals surface area (Å²) in [6.07, 6.45) is 0.569. The van der Waals surface area contributed by atoms with Gasteiger partial charge < -0.3 is 15.5 Å². The summed E-state index contributed by atoms with van der Waals surface area (Å²) < 4.78 is 0. The highest BCUT2D eigenvalue weighted by molar-refractivity contribution is 5.90. The lowest BCUT2D eigenvalue weighted by Gasteiger charge is -2.25. The highest BCUT2D eigenvalue weighted by atomic mass is 16.6. The summed E-state index contributed by atoms with van der Waals surface area (Å²) in [7, 11) is 0. The summed E-state index contributed by atoms with van der Waals surface area (Å²) in [6, 6.07) is 2.45. The highest BCUT2D eigenvalue weighted by Crippen LogP contribution is 2.29. The number of carboxylic acids is 1. The minimum atomic E-state index is -1.21. The first-order valence-electron chi connectivity index (χ1n) is 6.55. The number of aliphatic hydroxyl groups excluding tert-OH is 1. The molecule has 1 aromatic rings. The average Bonchev–Trinajstić information content (AvgIpc) is 2.36. The van der Waals surface area contributed by atoms with Crippen LogP contribution < -0.4 is 5.32 Å². The second-order valence-corrected chi connectivity index (χ2v) is 5.72. The number of aliphatic hydroxyl groups is 1. The van der Waals surface area contributed by atoms with Crippen molar-refractivity contribution in [2.24, 2.45) is 5.41 Å². The standard InChI is InChI=1S/C14H20N2O5/c1-9-11(15-8-14(2,3)4-5-17)6-10(13(18)19)7-12(9)16(20)21/h6-7,15,17H,4-5,8H2,1-3H3,(H,18,19). The Balaban J connectivity index is 3.11. The van der Waals surface area contributed by atoms with Crippen LogP contribution in [0, 0.1) is 22.5 Å². The van der Waals surface area contributed by atoms with Gasteiger partial charge in [0.25, 0.3) is 5.69 Å². The second-order valence-electron chi connectivity index (χ2n) is 5.72. The summed E-state index contributed by atoms with van der Waals surface area (Å²) in [5.74, 6) is -1.21. The molecule has 0 atom stereocenters. The fourth-order valence-corrected chi connectivity index (χ4v) is 1.92. The second kappa shape index (κ2) is 6.53. The van der Waals surface area contributed by atoms with Crippen LogP contribution in [0.4, 0.5) is 11.4 Å². The predicted molar refractivity (Wildman–Crippen MR) is 78.8 cm³/mol. The number of nitro groups is 1. The van der Waals surface area contributed by atoms with E-state index in [1.165, 1.54) is 6.07 Å². The Bertz CT molecular complexity index is 555. The quantitative estimate of drug-likeness (QED) is 0.526. The molecule has 0 aliphatic heterocycles. The van der Waals surface area contributed by atoms with Gasteiger partial charge in [-0.05, 0) is 24.8 Å². The van der Waals surface area contributed by atoms with E-state index in [1.807, 2.05) is 13.8 Å².